The Morgan fingerprint density at radius 3 is 1.56 bits per heavy atom. The highest BCUT2D eigenvalue weighted by molar-refractivity contribution is 7.89. The molecule has 0 amide bonds. The quantitative estimate of drug-likeness (QED) is 0.125. The highest BCUT2D eigenvalue weighted by Gasteiger charge is 2.31. The van der Waals surface area contributed by atoms with Crippen molar-refractivity contribution < 1.29 is 21.6 Å². The maximum atomic E-state index is 12.9. The third-order valence-electron chi connectivity index (χ3n) is 10.2. The fraction of sp³-hybridized carbons (Fsp3) is 0.286. The van der Waals surface area contributed by atoms with Crippen LogP contribution in [0.1, 0.15) is 28.1 Å². The molecule has 0 unspecified atom stereocenters. The number of piperazine rings is 2. The molecule has 11 nitrogen and oxygen atoms in total. The van der Waals surface area contributed by atoms with Crippen molar-refractivity contribution in [1.82, 2.24) is 18.6 Å². The summed E-state index contributed by atoms with van der Waals surface area (Å²) in [5.41, 5.74) is 5.56. The van der Waals surface area contributed by atoms with Crippen LogP contribution >= 0.6 is 69.1 Å². The molecular formula is C42H42Cl4N6O5S4. The standard InChI is InChI=1S/C21H21Cl2N3O3S2.C21H21Cl2N3O2S2/c1-29-20-5-3-2-4-15(20)12-16-14-30-21(24-16)25-8-10-26(11-9-25)31(27,28)17-6-7-18(22)19(23)13-17;1-15-3-2-4-16(11-15)12-17-14-29-21(24-17)25-7-9-26(10-8-25)30(27,28)18-5-6-19(22)20(23)13-18/h2-7,13-14H,8-12H2,1H3;2-6,11,13-14H,7-10,12H2,1H3. The second-order valence-electron chi connectivity index (χ2n) is 14.3. The molecule has 6 aromatic rings. The molecular weight excluding hydrogens is 939 g/mol. The van der Waals surface area contributed by atoms with E-state index in [0.717, 1.165) is 39.4 Å². The van der Waals surface area contributed by atoms with Gasteiger partial charge < -0.3 is 14.5 Å². The van der Waals surface area contributed by atoms with E-state index in [9.17, 15) is 16.8 Å². The molecule has 4 aromatic carbocycles. The molecule has 19 heteroatoms. The lowest BCUT2D eigenvalue weighted by Crippen LogP contribution is -2.48. The molecule has 4 heterocycles. The minimum Gasteiger partial charge on any atom is -0.496 e. The lowest BCUT2D eigenvalue weighted by molar-refractivity contribution is 0.384. The molecule has 0 radical (unpaired) electrons. The fourth-order valence-corrected chi connectivity index (χ4v) is 12.3. The Morgan fingerprint density at radius 1 is 0.590 bits per heavy atom. The van der Waals surface area contributed by atoms with Crippen LogP contribution in [-0.4, -0.2) is 94.9 Å². The molecule has 2 aliphatic heterocycles. The minimum atomic E-state index is -3.62. The van der Waals surface area contributed by atoms with Crippen molar-refractivity contribution in [2.45, 2.75) is 29.6 Å². The van der Waals surface area contributed by atoms with Crippen molar-refractivity contribution in [1.29, 1.82) is 0 Å². The number of nitrogens with zero attached hydrogens (tertiary/aromatic N) is 6. The summed E-state index contributed by atoms with van der Waals surface area (Å²) in [6.07, 6.45) is 1.48. The smallest absolute Gasteiger partial charge is 0.243 e. The molecule has 2 saturated heterocycles. The number of aromatic nitrogens is 2. The third kappa shape index (κ3) is 11.0. The van der Waals surface area contributed by atoms with Crippen LogP contribution in [0.15, 0.2) is 105 Å². The molecule has 8 rings (SSSR count). The maximum absolute atomic E-state index is 12.9. The van der Waals surface area contributed by atoms with Gasteiger partial charge in [0.15, 0.2) is 10.3 Å². The summed E-state index contributed by atoms with van der Waals surface area (Å²) in [6, 6.07) is 25.1. The van der Waals surface area contributed by atoms with Gasteiger partial charge in [0.2, 0.25) is 20.0 Å². The van der Waals surface area contributed by atoms with Crippen LogP contribution in [-0.2, 0) is 32.9 Å². The monoisotopic (exact) mass is 978 g/mol. The molecule has 0 N–H and O–H groups in total. The Hall–Kier alpha value is -3.48. The summed E-state index contributed by atoms with van der Waals surface area (Å²) < 4.78 is 60.1. The summed E-state index contributed by atoms with van der Waals surface area (Å²) in [4.78, 5) is 14.1. The summed E-state index contributed by atoms with van der Waals surface area (Å²) in [6.45, 7) is 5.97. The van der Waals surface area contributed by atoms with E-state index in [1.807, 2.05) is 29.6 Å². The van der Waals surface area contributed by atoms with Crippen molar-refractivity contribution in [3.8, 4) is 5.75 Å². The highest BCUT2D eigenvalue weighted by atomic mass is 35.5. The Bertz CT molecular complexity index is 2700. The van der Waals surface area contributed by atoms with Gasteiger partial charge >= 0.3 is 0 Å². The second kappa shape index (κ2) is 19.9. The number of benzene rings is 4. The van der Waals surface area contributed by atoms with Crippen molar-refractivity contribution in [2.24, 2.45) is 0 Å². The number of halogens is 4. The van der Waals surface area contributed by atoms with Gasteiger partial charge in [0, 0.05) is 81.5 Å². The number of thiazole rings is 2. The summed E-state index contributed by atoms with van der Waals surface area (Å²) >= 11 is 27.0. The molecule has 61 heavy (non-hydrogen) atoms. The van der Waals surface area contributed by atoms with Crippen LogP contribution in [0.2, 0.25) is 20.1 Å². The van der Waals surface area contributed by atoms with Crippen LogP contribution in [0.3, 0.4) is 0 Å². The average Bonchev–Trinajstić information content (AvgIpc) is 3.93. The zero-order valence-electron chi connectivity index (χ0n) is 33.2. The number of hydrogen-bond donors (Lipinski definition) is 0. The molecule has 2 aromatic heterocycles. The molecule has 0 saturated carbocycles. The number of rotatable bonds is 11. The lowest BCUT2D eigenvalue weighted by Gasteiger charge is -2.33. The second-order valence-corrected chi connectivity index (χ2v) is 21.5. The largest absolute Gasteiger partial charge is 0.496 e. The van der Waals surface area contributed by atoms with Crippen LogP contribution in [0.4, 0.5) is 10.3 Å². The maximum Gasteiger partial charge on any atom is 0.243 e. The first-order valence-electron chi connectivity index (χ1n) is 19.2. The van der Waals surface area contributed by atoms with Gasteiger partial charge in [-0.2, -0.15) is 8.61 Å². The van der Waals surface area contributed by atoms with Crippen LogP contribution < -0.4 is 14.5 Å². The topological polar surface area (TPSA) is 116 Å². The van der Waals surface area contributed by atoms with E-state index >= 15 is 0 Å². The minimum absolute atomic E-state index is 0.156. The van der Waals surface area contributed by atoms with E-state index in [-0.39, 0.29) is 19.8 Å². The van der Waals surface area contributed by atoms with E-state index < -0.39 is 20.0 Å². The first-order valence-corrected chi connectivity index (χ1v) is 25.3. The van der Waals surface area contributed by atoms with E-state index in [1.54, 1.807) is 29.8 Å². The number of para-hydroxylation sites is 1. The normalized spacial score (nSPS) is 15.4. The van der Waals surface area contributed by atoms with Crippen LogP contribution in [0.25, 0.3) is 0 Å². The van der Waals surface area contributed by atoms with Gasteiger partial charge in [-0.15, -0.1) is 22.7 Å². The van der Waals surface area contributed by atoms with E-state index in [2.05, 4.69) is 46.4 Å². The predicted molar refractivity (Wildman–Crippen MR) is 249 cm³/mol. The molecule has 0 bridgehead atoms. The summed E-state index contributed by atoms with van der Waals surface area (Å²) in [5.74, 6) is 0.846. The third-order valence-corrected chi connectivity index (χ3v) is 17.4. The number of sulfonamides is 2. The van der Waals surface area contributed by atoms with Gasteiger partial charge in [-0.3, -0.25) is 0 Å². The fourth-order valence-electron chi connectivity index (χ4n) is 6.93. The zero-order chi connectivity index (χ0) is 43.3. The summed E-state index contributed by atoms with van der Waals surface area (Å²) in [7, 11) is -5.55. The SMILES string of the molecule is COc1ccccc1Cc1csc(N2CCN(S(=O)(=O)c3ccc(Cl)c(Cl)c3)CC2)n1.Cc1cccc(Cc2csc(N3CCN(S(=O)(=O)c4ccc(Cl)c(Cl)c4)CC3)n2)c1. The molecule has 0 aliphatic carbocycles. The Balaban J connectivity index is 0.000000184. The number of ether oxygens (including phenoxy) is 1. The predicted octanol–water partition coefficient (Wildman–Crippen LogP) is 9.42. The highest BCUT2D eigenvalue weighted by Crippen LogP contribution is 2.31. The van der Waals surface area contributed by atoms with Crippen LogP contribution in [0.5, 0.6) is 5.75 Å². The molecule has 2 aliphatic rings. The number of anilines is 2. The number of hydrogen-bond acceptors (Lipinski definition) is 11. The van der Waals surface area contributed by atoms with Crippen molar-refractivity contribution in [3.05, 3.63) is 144 Å². The average molecular weight is 981 g/mol. The van der Waals surface area contributed by atoms with Crippen LogP contribution in [0, 0.1) is 6.92 Å². The first-order chi connectivity index (χ1) is 29.2. The van der Waals surface area contributed by atoms with Gasteiger partial charge in [0.1, 0.15) is 5.75 Å². The van der Waals surface area contributed by atoms with Gasteiger partial charge in [0.25, 0.3) is 0 Å². The molecule has 2 fully saturated rings. The van der Waals surface area contributed by atoms with E-state index in [1.165, 1.54) is 56.1 Å². The Kier molecular flexibility index (Phi) is 14.9. The first kappa shape index (κ1) is 45.5. The van der Waals surface area contributed by atoms with Crippen molar-refractivity contribution >= 4 is 99.4 Å². The molecule has 0 spiro atoms. The molecule has 0 atom stereocenters. The van der Waals surface area contributed by atoms with Crippen molar-refractivity contribution in [3.63, 3.8) is 0 Å². The van der Waals surface area contributed by atoms with Gasteiger partial charge in [-0.1, -0.05) is 94.4 Å². The summed E-state index contributed by atoms with van der Waals surface area (Å²) in [5, 5.41) is 7.09. The van der Waals surface area contributed by atoms with Gasteiger partial charge in [-0.05, 0) is 55.0 Å². The van der Waals surface area contributed by atoms with Crippen molar-refractivity contribution in [2.75, 3.05) is 69.3 Å². The van der Waals surface area contributed by atoms with Gasteiger partial charge in [-0.25, -0.2) is 26.8 Å². The Morgan fingerprint density at radius 2 is 1.08 bits per heavy atom. The molecule has 322 valence electrons. The van der Waals surface area contributed by atoms with E-state index in [0.29, 0.717) is 68.8 Å². The lowest BCUT2D eigenvalue weighted by atomic mass is 10.1. The zero-order valence-corrected chi connectivity index (χ0v) is 39.5. The van der Waals surface area contributed by atoms with Gasteiger partial charge in [0.05, 0.1) is 48.4 Å². The number of aryl methyl sites for hydroxylation is 1. The van der Waals surface area contributed by atoms with E-state index in [4.69, 9.17) is 61.1 Å². The number of methoxy groups -OCH3 is 1. The Labute approximate surface area is 385 Å².